The van der Waals surface area contributed by atoms with Gasteiger partial charge in [0.15, 0.2) is 0 Å². The van der Waals surface area contributed by atoms with Gasteiger partial charge in [0.2, 0.25) is 0 Å². The summed E-state index contributed by atoms with van der Waals surface area (Å²) in [4.78, 5) is 0. The molecule has 0 atom stereocenters. The molecule has 0 radical (unpaired) electrons. The summed E-state index contributed by atoms with van der Waals surface area (Å²) in [7, 11) is 0. The highest BCUT2D eigenvalue weighted by atomic mass is 32.2. The van der Waals surface area contributed by atoms with E-state index in [9.17, 15) is 0 Å². The molecule has 0 unspecified atom stereocenters. The van der Waals surface area contributed by atoms with Crippen LogP contribution in [0, 0.1) is 0 Å². The second kappa shape index (κ2) is 35.3. The molecule has 0 saturated heterocycles. The first kappa shape index (κ1) is 36.3. The van der Waals surface area contributed by atoms with Gasteiger partial charge in [-0.3, -0.25) is 0 Å². The molecular formula is C34H70OS. The van der Waals surface area contributed by atoms with Crippen LogP contribution < -0.4 is 0 Å². The number of hydrogen-bond acceptors (Lipinski definition) is 2. The Morgan fingerprint density at radius 2 is 0.528 bits per heavy atom. The first-order valence-electron chi connectivity index (χ1n) is 17.1. The Balaban J connectivity index is 3.00. The Morgan fingerprint density at radius 1 is 0.306 bits per heavy atom. The molecule has 0 aromatic rings. The SMILES string of the molecule is CCCCCCCCCCCCCCCCCCCCCCCCCCCCCCSCCCCO. The van der Waals surface area contributed by atoms with Gasteiger partial charge >= 0.3 is 0 Å². The summed E-state index contributed by atoms with van der Waals surface area (Å²) in [6.07, 6.45) is 43.3. The molecule has 1 nitrogen and oxygen atoms in total. The third-order valence-electron chi connectivity index (χ3n) is 7.84. The maximum absolute atomic E-state index is 8.77. The second-order valence-electron chi connectivity index (χ2n) is 11.6. The Labute approximate surface area is 234 Å². The van der Waals surface area contributed by atoms with Crippen molar-refractivity contribution >= 4 is 11.8 Å². The van der Waals surface area contributed by atoms with E-state index in [1.807, 2.05) is 0 Å². The lowest BCUT2D eigenvalue weighted by Crippen LogP contribution is -1.88. The zero-order valence-corrected chi connectivity index (χ0v) is 26.0. The van der Waals surface area contributed by atoms with Crippen LogP contribution in [-0.2, 0) is 0 Å². The summed E-state index contributed by atoms with van der Waals surface area (Å²) in [5, 5.41) is 8.77. The van der Waals surface area contributed by atoms with Gasteiger partial charge < -0.3 is 5.11 Å². The van der Waals surface area contributed by atoms with Gasteiger partial charge in [-0.05, 0) is 30.8 Å². The van der Waals surface area contributed by atoms with E-state index in [4.69, 9.17) is 5.11 Å². The fourth-order valence-corrected chi connectivity index (χ4v) is 6.31. The summed E-state index contributed by atoms with van der Waals surface area (Å²) in [5.74, 6) is 2.56. The molecule has 2 heteroatoms. The van der Waals surface area contributed by atoms with Crippen molar-refractivity contribution in [2.75, 3.05) is 18.1 Å². The fourth-order valence-electron chi connectivity index (χ4n) is 5.29. The molecule has 0 aliphatic rings. The number of aliphatic hydroxyl groups is 1. The number of hydrogen-bond donors (Lipinski definition) is 1. The van der Waals surface area contributed by atoms with Crippen LogP contribution in [0.1, 0.15) is 200 Å². The molecule has 0 aliphatic heterocycles. The minimum atomic E-state index is 0.361. The second-order valence-corrected chi connectivity index (χ2v) is 12.8. The minimum absolute atomic E-state index is 0.361. The maximum atomic E-state index is 8.77. The lowest BCUT2D eigenvalue weighted by atomic mass is 10.0. The van der Waals surface area contributed by atoms with Crippen molar-refractivity contribution < 1.29 is 5.11 Å². The van der Waals surface area contributed by atoms with Gasteiger partial charge in [0.05, 0.1) is 0 Å². The van der Waals surface area contributed by atoms with Crippen molar-refractivity contribution in [1.82, 2.24) is 0 Å². The maximum Gasteiger partial charge on any atom is 0.0431 e. The minimum Gasteiger partial charge on any atom is -0.396 e. The van der Waals surface area contributed by atoms with Gasteiger partial charge in [0, 0.05) is 6.61 Å². The number of unbranched alkanes of at least 4 members (excludes halogenated alkanes) is 28. The van der Waals surface area contributed by atoms with E-state index in [0.29, 0.717) is 6.61 Å². The van der Waals surface area contributed by atoms with E-state index < -0.39 is 0 Å². The molecule has 36 heavy (non-hydrogen) atoms. The van der Waals surface area contributed by atoms with Crippen LogP contribution in [0.5, 0.6) is 0 Å². The van der Waals surface area contributed by atoms with Gasteiger partial charge in [-0.2, -0.15) is 11.8 Å². The first-order chi connectivity index (χ1) is 17.9. The molecule has 0 spiro atoms. The van der Waals surface area contributed by atoms with E-state index in [1.54, 1.807) is 0 Å². The van der Waals surface area contributed by atoms with E-state index in [0.717, 1.165) is 6.42 Å². The summed E-state index contributed by atoms with van der Waals surface area (Å²) in [6, 6.07) is 0. The average Bonchev–Trinajstić information content (AvgIpc) is 2.89. The van der Waals surface area contributed by atoms with Gasteiger partial charge in [-0.15, -0.1) is 0 Å². The van der Waals surface area contributed by atoms with E-state index in [2.05, 4.69) is 18.7 Å². The molecule has 0 saturated carbocycles. The summed E-state index contributed by atoms with van der Waals surface area (Å²) >= 11 is 2.08. The van der Waals surface area contributed by atoms with Crippen molar-refractivity contribution in [3.8, 4) is 0 Å². The molecule has 0 bridgehead atoms. The normalized spacial score (nSPS) is 11.5. The van der Waals surface area contributed by atoms with Crippen LogP contribution in [-0.4, -0.2) is 23.2 Å². The van der Waals surface area contributed by atoms with Gasteiger partial charge in [-0.25, -0.2) is 0 Å². The fraction of sp³-hybridized carbons (Fsp3) is 1.00. The van der Waals surface area contributed by atoms with E-state index in [1.165, 1.54) is 198 Å². The quantitative estimate of drug-likeness (QED) is 0.0858. The van der Waals surface area contributed by atoms with Crippen LogP contribution in [0.2, 0.25) is 0 Å². The van der Waals surface area contributed by atoms with Crippen molar-refractivity contribution in [2.45, 2.75) is 200 Å². The van der Waals surface area contributed by atoms with Gasteiger partial charge in [0.1, 0.15) is 0 Å². The monoisotopic (exact) mass is 527 g/mol. The van der Waals surface area contributed by atoms with Crippen LogP contribution in [0.25, 0.3) is 0 Å². The molecule has 0 amide bonds. The summed E-state index contributed by atoms with van der Waals surface area (Å²) in [5.41, 5.74) is 0. The Bertz CT molecular complexity index is 325. The topological polar surface area (TPSA) is 20.2 Å². The number of aliphatic hydroxyl groups excluding tert-OH is 1. The highest BCUT2D eigenvalue weighted by molar-refractivity contribution is 7.99. The Kier molecular flexibility index (Phi) is 35.6. The van der Waals surface area contributed by atoms with E-state index in [-0.39, 0.29) is 0 Å². The first-order valence-corrected chi connectivity index (χ1v) is 18.3. The molecule has 1 N–H and O–H groups in total. The number of thioether (sulfide) groups is 1. The van der Waals surface area contributed by atoms with Gasteiger partial charge in [-0.1, -0.05) is 180 Å². The van der Waals surface area contributed by atoms with Crippen LogP contribution in [0.3, 0.4) is 0 Å². The third kappa shape index (κ3) is 34.3. The number of rotatable bonds is 33. The van der Waals surface area contributed by atoms with Crippen molar-refractivity contribution in [3.63, 3.8) is 0 Å². The molecular weight excluding hydrogens is 456 g/mol. The summed E-state index contributed by atoms with van der Waals surface area (Å²) < 4.78 is 0. The largest absolute Gasteiger partial charge is 0.396 e. The standard InChI is InChI=1S/C34H70OS/c1-2-3-4-5-6-7-8-9-10-11-12-13-14-15-16-17-18-19-20-21-22-23-24-25-26-27-28-30-33-36-34-31-29-32-35/h35H,2-34H2,1H3. The van der Waals surface area contributed by atoms with Crippen molar-refractivity contribution in [1.29, 1.82) is 0 Å². The van der Waals surface area contributed by atoms with Crippen LogP contribution in [0.4, 0.5) is 0 Å². The molecule has 0 aliphatic carbocycles. The zero-order valence-electron chi connectivity index (χ0n) is 25.2. The van der Waals surface area contributed by atoms with Crippen molar-refractivity contribution in [2.24, 2.45) is 0 Å². The Morgan fingerprint density at radius 3 is 0.778 bits per heavy atom. The average molecular weight is 527 g/mol. The molecule has 0 fully saturated rings. The molecule has 0 heterocycles. The third-order valence-corrected chi connectivity index (χ3v) is 8.99. The predicted molar refractivity (Wildman–Crippen MR) is 169 cm³/mol. The van der Waals surface area contributed by atoms with Gasteiger partial charge in [0.25, 0.3) is 0 Å². The van der Waals surface area contributed by atoms with E-state index >= 15 is 0 Å². The Hall–Kier alpha value is 0.310. The predicted octanol–water partition coefficient (Wildman–Crippen LogP) is 12.4. The molecule has 218 valence electrons. The highest BCUT2D eigenvalue weighted by Gasteiger charge is 1.97. The highest BCUT2D eigenvalue weighted by Crippen LogP contribution is 2.16. The zero-order chi connectivity index (χ0) is 26.0. The van der Waals surface area contributed by atoms with Crippen LogP contribution >= 0.6 is 11.8 Å². The molecule has 0 aromatic carbocycles. The lowest BCUT2D eigenvalue weighted by Gasteiger charge is -2.05. The van der Waals surface area contributed by atoms with Crippen LogP contribution in [0.15, 0.2) is 0 Å². The molecule has 0 aromatic heterocycles. The van der Waals surface area contributed by atoms with Crippen molar-refractivity contribution in [3.05, 3.63) is 0 Å². The summed E-state index contributed by atoms with van der Waals surface area (Å²) in [6.45, 7) is 2.67. The smallest absolute Gasteiger partial charge is 0.0431 e. The lowest BCUT2D eigenvalue weighted by molar-refractivity contribution is 0.287. The molecule has 0 rings (SSSR count).